The summed E-state index contributed by atoms with van der Waals surface area (Å²) in [6, 6.07) is 6.53. The first-order valence-corrected chi connectivity index (χ1v) is 10.0. The Morgan fingerprint density at radius 1 is 1.29 bits per heavy atom. The maximum Gasteiger partial charge on any atom is 0.191 e. The Kier molecular flexibility index (Phi) is 9.60. The molecule has 6 nitrogen and oxygen atoms in total. The third-order valence-corrected chi connectivity index (χ3v) is 4.80. The van der Waals surface area contributed by atoms with Crippen molar-refractivity contribution < 1.29 is 4.74 Å². The molecule has 0 bridgehead atoms. The molecule has 0 fully saturated rings. The number of fused-ring (bicyclic) bond motifs is 1. The third-order valence-electron chi connectivity index (χ3n) is 4.80. The number of imidazole rings is 1. The highest BCUT2D eigenvalue weighted by Gasteiger charge is 2.11. The lowest BCUT2D eigenvalue weighted by Crippen LogP contribution is -2.38. The summed E-state index contributed by atoms with van der Waals surface area (Å²) in [4.78, 5) is 8.95. The standard InChI is InChI=1S/C21H31N5O.HI/c1-3-22-21(24-10-4-5-13-26-14-12-23-17(26)2)25-11-8-18-6-7-20-19(16-18)9-15-27-20;/h6-7,12,14,16H,3-5,8-11,13,15H2,1-2H3,(H2,22,24,25);1H. The number of ether oxygens (including phenoxy) is 1. The van der Waals surface area contributed by atoms with Crippen molar-refractivity contribution in [2.24, 2.45) is 4.99 Å². The SMILES string of the molecule is CCNC(=NCCCCn1ccnc1C)NCCc1ccc2c(c1)CCO2.I. The average Bonchev–Trinajstić information content (AvgIpc) is 3.30. The van der Waals surface area contributed by atoms with Gasteiger partial charge in [-0.2, -0.15) is 0 Å². The van der Waals surface area contributed by atoms with Crippen molar-refractivity contribution in [3.05, 3.63) is 47.5 Å². The second-order valence-electron chi connectivity index (χ2n) is 6.85. The Morgan fingerprint density at radius 3 is 2.96 bits per heavy atom. The highest BCUT2D eigenvalue weighted by Crippen LogP contribution is 2.25. The van der Waals surface area contributed by atoms with Gasteiger partial charge in [-0.05, 0) is 50.3 Å². The van der Waals surface area contributed by atoms with Gasteiger partial charge in [0.25, 0.3) is 0 Å². The molecule has 7 heteroatoms. The molecule has 0 atom stereocenters. The van der Waals surface area contributed by atoms with Gasteiger partial charge in [-0.15, -0.1) is 24.0 Å². The molecule has 28 heavy (non-hydrogen) atoms. The molecule has 0 saturated heterocycles. The largest absolute Gasteiger partial charge is 0.493 e. The van der Waals surface area contributed by atoms with E-state index < -0.39 is 0 Å². The molecule has 0 unspecified atom stereocenters. The molecule has 0 aliphatic carbocycles. The minimum atomic E-state index is 0. The first-order chi connectivity index (χ1) is 13.3. The molecule has 1 aromatic heterocycles. The minimum absolute atomic E-state index is 0. The first-order valence-electron chi connectivity index (χ1n) is 10.0. The van der Waals surface area contributed by atoms with E-state index in [1.807, 2.05) is 19.3 Å². The number of aliphatic imine (C=N–C) groups is 1. The van der Waals surface area contributed by atoms with Crippen LogP contribution in [-0.4, -0.2) is 41.8 Å². The first kappa shape index (κ1) is 22.5. The molecule has 0 spiro atoms. The van der Waals surface area contributed by atoms with E-state index in [0.29, 0.717) is 0 Å². The molecule has 0 saturated carbocycles. The molecule has 2 N–H and O–H groups in total. The van der Waals surface area contributed by atoms with Crippen LogP contribution in [0.2, 0.25) is 0 Å². The summed E-state index contributed by atoms with van der Waals surface area (Å²) in [7, 11) is 0. The summed E-state index contributed by atoms with van der Waals surface area (Å²) in [6.07, 6.45) is 8.08. The maximum atomic E-state index is 5.57. The van der Waals surface area contributed by atoms with Gasteiger partial charge < -0.3 is 19.9 Å². The van der Waals surface area contributed by atoms with E-state index in [0.717, 1.165) is 76.0 Å². The Labute approximate surface area is 185 Å². The van der Waals surface area contributed by atoms with Gasteiger partial charge in [0, 0.05) is 45.0 Å². The zero-order chi connectivity index (χ0) is 18.9. The number of unbranched alkanes of at least 4 members (excludes halogenated alkanes) is 1. The summed E-state index contributed by atoms with van der Waals surface area (Å²) in [5.74, 6) is 3.03. The lowest BCUT2D eigenvalue weighted by molar-refractivity contribution is 0.357. The van der Waals surface area contributed by atoms with E-state index in [1.165, 1.54) is 11.1 Å². The van der Waals surface area contributed by atoms with Gasteiger partial charge in [-0.1, -0.05) is 12.1 Å². The molecule has 0 amide bonds. The van der Waals surface area contributed by atoms with Gasteiger partial charge in [0.15, 0.2) is 5.96 Å². The smallest absolute Gasteiger partial charge is 0.191 e. The number of nitrogens with zero attached hydrogens (tertiary/aromatic N) is 3. The molecule has 2 aromatic rings. The van der Waals surface area contributed by atoms with Gasteiger partial charge in [0.1, 0.15) is 11.6 Å². The van der Waals surface area contributed by atoms with Gasteiger partial charge in [0.05, 0.1) is 6.61 Å². The molecular weight excluding hydrogens is 465 g/mol. The number of halogens is 1. The number of hydrogen-bond donors (Lipinski definition) is 2. The number of benzene rings is 1. The number of aryl methyl sites for hydroxylation is 2. The fraction of sp³-hybridized carbons (Fsp3) is 0.524. The fourth-order valence-electron chi connectivity index (χ4n) is 3.29. The van der Waals surface area contributed by atoms with E-state index >= 15 is 0 Å². The van der Waals surface area contributed by atoms with Gasteiger partial charge in [-0.3, -0.25) is 4.99 Å². The van der Waals surface area contributed by atoms with Gasteiger partial charge in [-0.25, -0.2) is 4.98 Å². The molecule has 3 rings (SSSR count). The van der Waals surface area contributed by atoms with Crippen LogP contribution in [0.5, 0.6) is 5.75 Å². The predicted octanol–water partition coefficient (Wildman–Crippen LogP) is 3.32. The van der Waals surface area contributed by atoms with E-state index in [2.05, 4.69) is 45.3 Å². The number of aromatic nitrogens is 2. The average molecular weight is 497 g/mol. The molecule has 2 heterocycles. The van der Waals surface area contributed by atoms with Crippen molar-refractivity contribution in [3.8, 4) is 5.75 Å². The summed E-state index contributed by atoms with van der Waals surface area (Å²) >= 11 is 0. The summed E-state index contributed by atoms with van der Waals surface area (Å²) < 4.78 is 7.76. The number of hydrogen-bond acceptors (Lipinski definition) is 3. The minimum Gasteiger partial charge on any atom is -0.493 e. The van der Waals surface area contributed by atoms with E-state index in [9.17, 15) is 0 Å². The monoisotopic (exact) mass is 497 g/mol. The van der Waals surface area contributed by atoms with Crippen molar-refractivity contribution in [2.75, 3.05) is 26.2 Å². The highest BCUT2D eigenvalue weighted by molar-refractivity contribution is 14.0. The van der Waals surface area contributed by atoms with Crippen molar-refractivity contribution >= 4 is 29.9 Å². The molecule has 1 aromatic carbocycles. The van der Waals surface area contributed by atoms with Crippen molar-refractivity contribution in [1.29, 1.82) is 0 Å². The van der Waals surface area contributed by atoms with Crippen LogP contribution in [0.25, 0.3) is 0 Å². The zero-order valence-electron chi connectivity index (χ0n) is 16.9. The lowest BCUT2D eigenvalue weighted by Gasteiger charge is -2.12. The lowest BCUT2D eigenvalue weighted by atomic mass is 10.1. The number of nitrogens with one attached hydrogen (secondary N) is 2. The summed E-state index contributed by atoms with van der Waals surface area (Å²) in [5.41, 5.74) is 2.68. The van der Waals surface area contributed by atoms with Crippen molar-refractivity contribution in [2.45, 2.75) is 46.1 Å². The van der Waals surface area contributed by atoms with E-state index in [1.54, 1.807) is 0 Å². The van der Waals surface area contributed by atoms with Crippen LogP contribution >= 0.6 is 24.0 Å². The van der Waals surface area contributed by atoms with Crippen LogP contribution in [0, 0.1) is 6.92 Å². The topological polar surface area (TPSA) is 63.5 Å². The molecule has 1 aliphatic rings. The fourth-order valence-corrected chi connectivity index (χ4v) is 3.29. The third kappa shape index (κ3) is 6.68. The summed E-state index contributed by atoms with van der Waals surface area (Å²) in [6.45, 7) is 8.54. The highest BCUT2D eigenvalue weighted by atomic mass is 127. The molecular formula is C21H32IN5O. The van der Waals surface area contributed by atoms with E-state index in [4.69, 9.17) is 9.73 Å². The van der Waals surface area contributed by atoms with Crippen LogP contribution in [0.3, 0.4) is 0 Å². The van der Waals surface area contributed by atoms with Crippen LogP contribution in [0.4, 0.5) is 0 Å². The van der Waals surface area contributed by atoms with Crippen LogP contribution < -0.4 is 15.4 Å². The molecule has 1 aliphatic heterocycles. The van der Waals surface area contributed by atoms with Crippen LogP contribution in [0.15, 0.2) is 35.6 Å². The molecule has 154 valence electrons. The van der Waals surface area contributed by atoms with Crippen molar-refractivity contribution in [1.82, 2.24) is 20.2 Å². The Balaban J connectivity index is 0.00000280. The van der Waals surface area contributed by atoms with Gasteiger partial charge in [0.2, 0.25) is 0 Å². The van der Waals surface area contributed by atoms with E-state index in [-0.39, 0.29) is 24.0 Å². The van der Waals surface area contributed by atoms with Crippen LogP contribution in [0.1, 0.15) is 36.7 Å². The molecule has 0 radical (unpaired) electrons. The second kappa shape index (κ2) is 11.9. The number of rotatable bonds is 9. The maximum absolute atomic E-state index is 5.57. The normalized spacial score (nSPS) is 12.9. The predicted molar refractivity (Wildman–Crippen MR) is 125 cm³/mol. The number of guanidine groups is 1. The van der Waals surface area contributed by atoms with Crippen molar-refractivity contribution in [3.63, 3.8) is 0 Å². The quantitative estimate of drug-likeness (QED) is 0.242. The van der Waals surface area contributed by atoms with Crippen LogP contribution in [-0.2, 0) is 19.4 Å². The second-order valence-corrected chi connectivity index (χ2v) is 6.85. The summed E-state index contributed by atoms with van der Waals surface area (Å²) in [5, 5.41) is 6.77. The Hall–Kier alpha value is -1.77. The van der Waals surface area contributed by atoms with Gasteiger partial charge >= 0.3 is 0 Å². The zero-order valence-corrected chi connectivity index (χ0v) is 19.2. The Bertz CT molecular complexity index is 759. The Morgan fingerprint density at radius 2 is 2.18 bits per heavy atom.